The fraction of sp³-hybridized carbons (Fsp3) is 0.167. The van der Waals surface area contributed by atoms with Crippen molar-refractivity contribution in [3.8, 4) is 0 Å². The standard InChI is InChI=1S/C18H18N2O3S/c1-13-3-6-16(7-4-13)24(22,23)19-18(21)12-20-10-9-15-11-14(2)5-8-17(15)20/h3-11H,12H2,1-2H3,(H,19,21). The van der Waals surface area contributed by atoms with Crippen molar-refractivity contribution < 1.29 is 13.2 Å². The molecule has 5 nitrogen and oxygen atoms in total. The monoisotopic (exact) mass is 342 g/mol. The summed E-state index contributed by atoms with van der Waals surface area (Å²) < 4.78 is 28.3. The summed E-state index contributed by atoms with van der Waals surface area (Å²) in [6.45, 7) is 3.81. The molecular weight excluding hydrogens is 324 g/mol. The number of rotatable bonds is 4. The van der Waals surface area contributed by atoms with Gasteiger partial charge in [-0.25, -0.2) is 13.1 Å². The van der Waals surface area contributed by atoms with E-state index in [9.17, 15) is 13.2 Å². The first-order chi connectivity index (χ1) is 11.3. The number of carbonyl (C=O) groups excluding carboxylic acids is 1. The van der Waals surface area contributed by atoms with E-state index in [0.29, 0.717) is 0 Å². The Kier molecular flexibility index (Phi) is 4.15. The van der Waals surface area contributed by atoms with Gasteiger partial charge in [-0.1, -0.05) is 29.3 Å². The second-order valence-corrected chi connectivity index (χ2v) is 7.53. The molecule has 0 aliphatic carbocycles. The molecule has 0 spiro atoms. The molecule has 0 unspecified atom stereocenters. The van der Waals surface area contributed by atoms with Crippen LogP contribution in [0.5, 0.6) is 0 Å². The Morgan fingerprint density at radius 3 is 2.38 bits per heavy atom. The van der Waals surface area contributed by atoms with Crippen LogP contribution in [0.2, 0.25) is 0 Å². The number of nitrogens with zero attached hydrogens (tertiary/aromatic N) is 1. The highest BCUT2D eigenvalue weighted by Gasteiger charge is 2.18. The predicted molar refractivity (Wildman–Crippen MR) is 93.2 cm³/mol. The number of benzene rings is 2. The molecule has 1 aromatic heterocycles. The smallest absolute Gasteiger partial charge is 0.264 e. The SMILES string of the molecule is Cc1ccc(S(=O)(=O)NC(=O)Cn2ccc3cc(C)ccc32)cc1. The van der Waals surface area contributed by atoms with Crippen molar-refractivity contribution in [1.82, 2.24) is 9.29 Å². The molecule has 24 heavy (non-hydrogen) atoms. The van der Waals surface area contributed by atoms with E-state index in [1.165, 1.54) is 12.1 Å². The summed E-state index contributed by atoms with van der Waals surface area (Å²) in [6.07, 6.45) is 1.78. The first-order valence-electron chi connectivity index (χ1n) is 7.53. The zero-order chi connectivity index (χ0) is 17.3. The van der Waals surface area contributed by atoms with Crippen LogP contribution in [0.3, 0.4) is 0 Å². The van der Waals surface area contributed by atoms with Gasteiger partial charge in [0, 0.05) is 11.7 Å². The van der Waals surface area contributed by atoms with Crippen molar-refractivity contribution in [1.29, 1.82) is 0 Å². The Hall–Kier alpha value is -2.60. The number of hydrogen-bond donors (Lipinski definition) is 1. The fourth-order valence-electron chi connectivity index (χ4n) is 2.57. The largest absolute Gasteiger partial charge is 0.338 e. The van der Waals surface area contributed by atoms with E-state index in [-0.39, 0.29) is 11.4 Å². The molecule has 1 N–H and O–H groups in total. The number of amides is 1. The molecule has 0 saturated carbocycles. The van der Waals surface area contributed by atoms with Gasteiger partial charge in [0.05, 0.1) is 4.90 Å². The number of carbonyl (C=O) groups is 1. The topological polar surface area (TPSA) is 68.2 Å². The normalized spacial score (nSPS) is 11.6. The molecule has 1 heterocycles. The van der Waals surface area contributed by atoms with Crippen LogP contribution in [0.4, 0.5) is 0 Å². The van der Waals surface area contributed by atoms with E-state index in [1.54, 1.807) is 22.9 Å². The van der Waals surface area contributed by atoms with Crippen LogP contribution in [0, 0.1) is 13.8 Å². The van der Waals surface area contributed by atoms with Gasteiger partial charge in [0.15, 0.2) is 0 Å². The fourth-order valence-corrected chi connectivity index (χ4v) is 3.55. The molecule has 6 heteroatoms. The van der Waals surface area contributed by atoms with Crippen LogP contribution in [-0.2, 0) is 21.4 Å². The van der Waals surface area contributed by atoms with Gasteiger partial charge >= 0.3 is 0 Å². The maximum atomic E-state index is 12.2. The molecule has 0 fully saturated rings. The number of aromatic nitrogens is 1. The van der Waals surface area contributed by atoms with Gasteiger partial charge in [0.1, 0.15) is 6.54 Å². The Labute approximate surface area is 141 Å². The first-order valence-corrected chi connectivity index (χ1v) is 9.01. The van der Waals surface area contributed by atoms with Gasteiger partial charge in [-0.2, -0.15) is 0 Å². The zero-order valence-electron chi connectivity index (χ0n) is 13.5. The zero-order valence-corrected chi connectivity index (χ0v) is 14.3. The highest BCUT2D eigenvalue weighted by molar-refractivity contribution is 7.90. The number of fused-ring (bicyclic) bond motifs is 1. The van der Waals surface area contributed by atoms with Crippen molar-refractivity contribution in [2.75, 3.05) is 0 Å². The summed E-state index contributed by atoms with van der Waals surface area (Å²) in [6, 6.07) is 14.2. The molecule has 3 rings (SSSR count). The van der Waals surface area contributed by atoms with Gasteiger partial charge in [0.2, 0.25) is 0 Å². The molecule has 0 aliphatic heterocycles. The lowest BCUT2D eigenvalue weighted by Crippen LogP contribution is -2.33. The van der Waals surface area contributed by atoms with Gasteiger partial charge < -0.3 is 4.57 Å². The molecule has 0 bridgehead atoms. The third kappa shape index (κ3) is 3.33. The van der Waals surface area contributed by atoms with Crippen LogP contribution in [0.1, 0.15) is 11.1 Å². The quantitative estimate of drug-likeness (QED) is 0.793. The lowest BCUT2D eigenvalue weighted by atomic mass is 10.2. The Bertz CT molecular complexity index is 1000. The minimum atomic E-state index is -3.85. The molecule has 124 valence electrons. The van der Waals surface area contributed by atoms with Gasteiger partial charge in [-0.15, -0.1) is 0 Å². The third-order valence-corrected chi connectivity index (χ3v) is 5.21. The average molecular weight is 342 g/mol. The molecular formula is C18H18N2O3S. The minimum absolute atomic E-state index is 0.0579. The van der Waals surface area contributed by atoms with Gasteiger partial charge in [-0.05, 0) is 49.6 Å². The lowest BCUT2D eigenvalue weighted by Gasteiger charge is -2.09. The summed E-state index contributed by atoms with van der Waals surface area (Å²) in [5.74, 6) is -0.575. The van der Waals surface area contributed by atoms with Crippen molar-refractivity contribution in [2.24, 2.45) is 0 Å². The van der Waals surface area contributed by atoms with Crippen molar-refractivity contribution in [3.63, 3.8) is 0 Å². The van der Waals surface area contributed by atoms with Crippen LogP contribution in [-0.4, -0.2) is 18.9 Å². The lowest BCUT2D eigenvalue weighted by molar-refractivity contribution is -0.119. The van der Waals surface area contributed by atoms with E-state index >= 15 is 0 Å². The van der Waals surface area contributed by atoms with E-state index in [1.807, 2.05) is 38.1 Å². The van der Waals surface area contributed by atoms with Crippen molar-refractivity contribution in [3.05, 3.63) is 65.9 Å². The van der Waals surface area contributed by atoms with Crippen LogP contribution < -0.4 is 4.72 Å². The van der Waals surface area contributed by atoms with Crippen LogP contribution >= 0.6 is 0 Å². The highest BCUT2D eigenvalue weighted by atomic mass is 32.2. The molecule has 0 aliphatic rings. The second-order valence-electron chi connectivity index (χ2n) is 5.85. The van der Waals surface area contributed by atoms with E-state index in [4.69, 9.17) is 0 Å². The molecule has 0 saturated heterocycles. The van der Waals surface area contributed by atoms with Crippen LogP contribution in [0.25, 0.3) is 10.9 Å². The highest BCUT2D eigenvalue weighted by Crippen LogP contribution is 2.17. The van der Waals surface area contributed by atoms with Crippen molar-refractivity contribution in [2.45, 2.75) is 25.3 Å². The minimum Gasteiger partial charge on any atom is -0.338 e. The molecule has 2 aromatic carbocycles. The number of sulfonamides is 1. The maximum Gasteiger partial charge on any atom is 0.264 e. The Balaban J connectivity index is 1.78. The predicted octanol–water partition coefficient (Wildman–Crippen LogP) is 2.76. The van der Waals surface area contributed by atoms with Crippen molar-refractivity contribution >= 4 is 26.8 Å². The summed E-state index contributed by atoms with van der Waals surface area (Å²) in [4.78, 5) is 12.2. The van der Waals surface area contributed by atoms with E-state index in [0.717, 1.165) is 22.0 Å². The molecule has 3 aromatic rings. The molecule has 0 radical (unpaired) electrons. The number of hydrogen-bond acceptors (Lipinski definition) is 3. The average Bonchev–Trinajstić information content (AvgIpc) is 2.89. The third-order valence-electron chi connectivity index (χ3n) is 3.82. The summed E-state index contributed by atoms with van der Waals surface area (Å²) in [5.41, 5.74) is 2.98. The summed E-state index contributed by atoms with van der Waals surface area (Å²) in [5, 5.41) is 1.02. The second kappa shape index (κ2) is 6.13. The number of aryl methyl sites for hydroxylation is 2. The molecule has 0 atom stereocenters. The van der Waals surface area contributed by atoms with Gasteiger partial charge in [0.25, 0.3) is 15.9 Å². The van der Waals surface area contributed by atoms with Gasteiger partial charge in [-0.3, -0.25) is 4.79 Å². The molecule has 1 amide bonds. The first kappa shape index (κ1) is 16.3. The van der Waals surface area contributed by atoms with E-state index < -0.39 is 15.9 Å². The summed E-state index contributed by atoms with van der Waals surface area (Å²) in [7, 11) is -3.85. The Morgan fingerprint density at radius 1 is 1.00 bits per heavy atom. The maximum absolute atomic E-state index is 12.2. The summed E-state index contributed by atoms with van der Waals surface area (Å²) >= 11 is 0. The Morgan fingerprint density at radius 2 is 1.67 bits per heavy atom. The van der Waals surface area contributed by atoms with Crippen LogP contribution in [0.15, 0.2) is 59.6 Å². The van der Waals surface area contributed by atoms with E-state index in [2.05, 4.69) is 4.72 Å². The number of nitrogens with one attached hydrogen (secondary N) is 1.